The van der Waals surface area contributed by atoms with Gasteiger partial charge in [0.15, 0.2) is 0 Å². The molecule has 26 heavy (non-hydrogen) atoms. The van der Waals surface area contributed by atoms with Gasteiger partial charge in [0.1, 0.15) is 0 Å². The molecule has 146 valence electrons. The lowest BCUT2D eigenvalue weighted by atomic mass is 10.2. The first-order valence-corrected chi connectivity index (χ1v) is 10.0. The van der Waals surface area contributed by atoms with Gasteiger partial charge < -0.3 is 5.32 Å². The van der Waals surface area contributed by atoms with Crippen LogP contribution in [0.15, 0.2) is 17.0 Å². The molecule has 2 aliphatic rings. The van der Waals surface area contributed by atoms with Gasteiger partial charge in [0.05, 0.1) is 14.8 Å². The van der Waals surface area contributed by atoms with Gasteiger partial charge in [-0.25, -0.2) is 8.42 Å². The first kappa shape index (κ1) is 21.3. The Labute approximate surface area is 164 Å². The van der Waals surface area contributed by atoms with Gasteiger partial charge in [-0.15, -0.1) is 12.4 Å². The second-order valence-corrected chi connectivity index (χ2v) is 8.74. The van der Waals surface area contributed by atoms with E-state index in [1.807, 2.05) is 0 Å². The van der Waals surface area contributed by atoms with E-state index in [-0.39, 0.29) is 39.6 Å². The molecular formula is C15H22Cl2N4O4S. The highest BCUT2D eigenvalue weighted by Crippen LogP contribution is 2.32. The van der Waals surface area contributed by atoms with Gasteiger partial charge in [0.25, 0.3) is 5.69 Å². The minimum atomic E-state index is -3.80. The van der Waals surface area contributed by atoms with Crippen LogP contribution in [-0.2, 0) is 10.0 Å². The number of nitrogens with zero attached hydrogens (tertiary/aromatic N) is 3. The predicted molar refractivity (Wildman–Crippen MR) is 102 cm³/mol. The molecule has 0 amide bonds. The first-order chi connectivity index (χ1) is 11.8. The SMILES string of the molecule is Cc1c(Cl)cc(S(=O)(=O)N2CCC(N3CCNCC3)C2)cc1[N+](=O)[O-].Cl. The van der Waals surface area contributed by atoms with Crippen molar-refractivity contribution >= 4 is 39.7 Å². The third-order valence-electron chi connectivity index (χ3n) is 4.92. The van der Waals surface area contributed by atoms with E-state index in [9.17, 15) is 18.5 Å². The highest BCUT2D eigenvalue weighted by molar-refractivity contribution is 7.89. The van der Waals surface area contributed by atoms with Crippen LogP contribution in [0.1, 0.15) is 12.0 Å². The molecule has 2 fully saturated rings. The topological polar surface area (TPSA) is 95.8 Å². The number of piperazine rings is 1. The Morgan fingerprint density at radius 1 is 1.27 bits per heavy atom. The maximum atomic E-state index is 12.9. The van der Waals surface area contributed by atoms with Crippen molar-refractivity contribution in [1.82, 2.24) is 14.5 Å². The van der Waals surface area contributed by atoms with E-state index in [1.165, 1.54) is 17.3 Å². The maximum absolute atomic E-state index is 12.9. The number of nitro benzene ring substituents is 1. The van der Waals surface area contributed by atoms with Crippen molar-refractivity contribution in [2.45, 2.75) is 24.3 Å². The number of nitrogens with one attached hydrogen (secondary N) is 1. The fraction of sp³-hybridized carbons (Fsp3) is 0.600. The summed E-state index contributed by atoms with van der Waals surface area (Å²) in [5.74, 6) is 0. The number of hydrogen-bond donors (Lipinski definition) is 1. The van der Waals surface area contributed by atoms with Crippen molar-refractivity contribution in [3.05, 3.63) is 32.8 Å². The molecule has 2 aliphatic heterocycles. The summed E-state index contributed by atoms with van der Waals surface area (Å²) in [5, 5.41) is 14.5. The van der Waals surface area contributed by atoms with Crippen molar-refractivity contribution in [2.24, 2.45) is 0 Å². The molecule has 0 aromatic heterocycles. The number of sulfonamides is 1. The predicted octanol–water partition coefficient (Wildman–Crippen LogP) is 1.65. The summed E-state index contributed by atoms with van der Waals surface area (Å²) in [5.41, 5.74) is -0.00495. The molecule has 0 saturated carbocycles. The van der Waals surface area contributed by atoms with Gasteiger partial charge >= 0.3 is 0 Å². The van der Waals surface area contributed by atoms with E-state index in [0.717, 1.165) is 38.7 Å². The Kier molecular flexibility index (Phi) is 6.86. The monoisotopic (exact) mass is 424 g/mol. The Morgan fingerprint density at radius 3 is 2.54 bits per heavy atom. The van der Waals surface area contributed by atoms with Gasteiger partial charge in [-0.3, -0.25) is 15.0 Å². The van der Waals surface area contributed by atoms with Crippen LogP contribution in [0.3, 0.4) is 0 Å². The minimum absolute atomic E-state index is 0. The van der Waals surface area contributed by atoms with E-state index in [4.69, 9.17) is 11.6 Å². The van der Waals surface area contributed by atoms with Crippen molar-refractivity contribution < 1.29 is 13.3 Å². The number of hydrogen-bond acceptors (Lipinski definition) is 6. The fourth-order valence-corrected chi connectivity index (χ4v) is 5.22. The molecule has 8 nitrogen and oxygen atoms in total. The standard InChI is InChI=1S/C15H21ClN4O4S.ClH/c1-11-14(16)8-13(9-15(11)20(21)22)25(23,24)19-5-2-12(10-19)18-6-3-17-4-7-18;/h8-9,12,17H,2-7,10H2,1H3;1H. The number of benzene rings is 1. The molecule has 0 bridgehead atoms. The highest BCUT2D eigenvalue weighted by Gasteiger charge is 2.36. The third-order valence-corrected chi connectivity index (χ3v) is 7.15. The average molecular weight is 425 g/mol. The first-order valence-electron chi connectivity index (χ1n) is 8.20. The van der Waals surface area contributed by atoms with E-state index < -0.39 is 14.9 Å². The molecular weight excluding hydrogens is 403 g/mol. The van der Waals surface area contributed by atoms with Crippen LogP contribution in [0.2, 0.25) is 5.02 Å². The van der Waals surface area contributed by atoms with E-state index in [0.29, 0.717) is 13.1 Å². The summed E-state index contributed by atoms with van der Waals surface area (Å²) in [6.07, 6.45) is 0.765. The van der Waals surface area contributed by atoms with Gasteiger partial charge in [0.2, 0.25) is 10.0 Å². The lowest BCUT2D eigenvalue weighted by Crippen LogP contribution is -2.49. The zero-order chi connectivity index (χ0) is 18.2. The molecule has 3 rings (SSSR count). The summed E-state index contributed by atoms with van der Waals surface area (Å²) >= 11 is 6.02. The van der Waals surface area contributed by atoms with Gasteiger partial charge in [-0.05, 0) is 19.4 Å². The molecule has 1 atom stereocenters. The average Bonchev–Trinajstić information content (AvgIpc) is 3.08. The summed E-state index contributed by atoms with van der Waals surface area (Å²) < 4.78 is 27.2. The number of nitro groups is 1. The fourth-order valence-electron chi connectivity index (χ4n) is 3.40. The van der Waals surface area contributed by atoms with Crippen LogP contribution in [-0.4, -0.2) is 67.9 Å². The van der Waals surface area contributed by atoms with E-state index in [2.05, 4.69) is 10.2 Å². The van der Waals surface area contributed by atoms with Crippen LogP contribution in [0.25, 0.3) is 0 Å². The van der Waals surface area contributed by atoms with Gasteiger partial charge in [-0.1, -0.05) is 11.6 Å². The quantitative estimate of drug-likeness (QED) is 0.582. The summed E-state index contributed by atoms with van der Waals surface area (Å²) in [4.78, 5) is 12.7. The van der Waals surface area contributed by atoms with Crippen molar-refractivity contribution in [2.75, 3.05) is 39.3 Å². The summed E-state index contributed by atoms with van der Waals surface area (Å²) in [6.45, 7) is 5.94. The third kappa shape index (κ3) is 4.13. The molecule has 0 aliphatic carbocycles. The Balaban J connectivity index is 0.00000243. The van der Waals surface area contributed by atoms with Crippen LogP contribution in [0.5, 0.6) is 0 Å². The molecule has 2 saturated heterocycles. The lowest BCUT2D eigenvalue weighted by molar-refractivity contribution is -0.385. The minimum Gasteiger partial charge on any atom is -0.314 e. The van der Waals surface area contributed by atoms with Gasteiger partial charge in [0, 0.05) is 56.9 Å². The zero-order valence-electron chi connectivity index (χ0n) is 14.4. The van der Waals surface area contributed by atoms with Crippen LogP contribution in [0.4, 0.5) is 5.69 Å². The molecule has 2 heterocycles. The molecule has 1 aromatic carbocycles. The smallest absolute Gasteiger partial charge is 0.275 e. The van der Waals surface area contributed by atoms with E-state index >= 15 is 0 Å². The molecule has 1 aromatic rings. The van der Waals surface area contributed by atoms with E-state index in [1.54, 1.807) is 0 Å². The molecule has 11 heteroatoms. The van der Waals surface area contributed by atoms with Gasteiger partial charge in [-0.2, -0.15) is 4.31 Å². The molecule has 0 radical (unpaired) electrons. The maximum Gasteiger partial charge on any atom is 0.275 e. The Morgan fingerprint density at radius 2 is 1.92 bits per heavy atom. The Bertz CT molecular complexity index is 784. The summed E-state index contributed by atoms with van der Waals surface area (Å²) in [6, 6.07) is 2.60. The normalized spacial score (nSPS) is 22.2. The van der Waals surface area contributed by atoms with Crippen LogP contribution >= 0.6 is 24.0 Å². The second kappa shape index (κ2) is 8.37. The van der Waals surface area contributed by atoms with Crippen molar-refractivity contribution in [3.8, 4) is 0 Å². The highest BCUT2D eigenvalue weighted by atomic mass is 35.5. The van der Waals surface area contributed by atoms with Crippen molar-refractivity contribution in [1.29, 1.82) is 0 Å². The molecule has 0 spiro atoms. The number of halogens is 2. The largest absolute Gasteiger partial charge is 0.314 e. The number of rotatable bonds is 4. The zero-order valence-corrected chi connectivity index (χ0v) is 16.7. The molecule has 1 unspecified atom stereocenters. The van der Waals surface area contributed by atoms with Crippen LogP contribution < -0.4 is 5.32 Å². The Hall–Kier alpha value is -0.970. The van der Waals surface area contributed by atoms with Crippen molar-refractivity contribution in [3.63, 3.8) is 0 Å². The lowest BCUT2D eigenvalue weighted by Gasteiger charge is -2.32. The summed E-state index contributed by atoms with van der Waals surface area (Å²) in [7, 11) is -3.80. The van der Waals surface area contributed by atoms with Crippen LogP contribution in [0, 0.1) is 17.0 Å². The molecule has 1 N–H and O–H groups in total. The second-order valence-electron chi connectivity index (χ2n) is 6.40.